The quantitative estimate of drug-likeness (QED) is 0.405. The van der Waals surface area contributed by atoms with Crippen LogP contribution >= 0.6 is 11.8 Å². The predicted molar refractivity (Wildman–Crippen MR) is 108 cm³/mol. The molecule has 2 aromatic rings. The molecule has 1 aromatic heterocycles. The second kappa shape index (κ2) is 9.68. The maximum Gasteiger partial charge on any atom is 0.292 e. The molecule has 150 valence electrons. The van der Waals surface area contributed by atoms with Gasteiger partial charge in [0.05, 0.1) is 10.7 Å². The zero-order valence-electron chi connectivity index (χ0n) is 16.0. The van der Waals surface area contributed by atoms with Gasteiger partial charge in [0.25, 0.3) is 5.69 Å². The minimum Gasteiger partial charge on any atom is -0.320 e. The summed E-state index contributed by atoms with van der Waals surface area (Å²) in [4.78, 5) is 22.8. The Hall–Kier alpha value is -2.42. The van der Waals surface area contributed by atoms with Gasteiger partial charge in [-0.3, -0.25) is 14.9 Å². The molecule has 1 amide bonds. The highest BCUT2D eigenvalue weighted by Crippen LogP contribution is 2.28. The SMILES string of the molecule is CCn1c(CC2CCCCC2)nnc1SCC(=O)Nc1ccccc1[N+](=O)[O-]. The van der Waals surface area contributed by atoms with Crippen molar-refractivity contribution in [3.63, 3.8) is 0 Å². The van der Waals surface area contributed by atoms with Gasteiger partial charge in [-0.1, -0.05) is 56.0 Å². The Morgan fingerprint density at radius 2 is 2.04 bits per heavy atom. The molecule has 9 heteroatoms. The number of para-hydroxylation sites is 2. The van der Waals surface area contributed by atoms with Crippen molar-refractivity contribution in [1.82, 2.24) is 14.8 Å². The number of carbonyl (C=O) groups excluding carboxylic acids is 1. The summed E-state index contributed by atoms with van der Waals surface area (Å²) < 4.78 is 2.07. The van der Waals surface area contributed by atoms with Crippen LogP contribution < -0.4 is 5.32 Å². The van der Waals surface area contributed by atoms with Gasteiger partial charge in [0.2, 0.25) is 5.91 Å². The highest BCUT2D eigenvalue weighted by Gasteiger charge is 2.20. The smallest absolute Gasteiger partial charge is 0.292 e. The first kappa shape index (κ1) is 20.3. The average Bonchev–Trinajstić information content (AvgIpc) is 3.09. The summed E-state index contributed by atoms with van der Waals surface area (Å²) in [5.41, 5.74) is 0.0837. The molecule has 0 aliphatic heterocycles. The van der Waals surface area contributed by atoms with Crippen LogP contribution in [0.3, 0.4) is 0 Å². The third-order valence-electron chi connectivity index (χ3n) is 5.01. The first-order valence-corrected chi connectivity index (χ1v) is 10.6. The molecule has 1 N–H and O–H groups in total. The highest BCUT2D eigenvalue weighted by molar-refractivity contribution is 7.99. The Morgan fingerprint density at radius 3 is 2.75 bits per heavy atom. The van der Waals surface area contributed by atoms with E-state index in [0.717, 1.165) is 18.8 Å². The molecule has 0 atom stereocenters. The van der Waals surface area contributed by atoms with Gasteiger partial charge < -0.3 is 9.88 Å². The Kier molecular flexibility index (Phi) is 7.02. The van der Waals surface area contributed by atoms with Crippen LogP contribution in [-0.4, -0.2) is 31.3 Å². The Bertz CT molecular complexity index is 833. The fourth-order valence-electron chi connectivity index (χ4n) is 3.60. The fraction of sp³-hybridized carbons (Fsp3) is 0.526. The molecule has 8 nitrogen and oxygen atoms in total. The first-order chi connectivity index (χ1) is 13.6. The molecule has 1 aliphatic carbocycles. The Morgan fingerprint density at radius 1 is 1.29 bits per heavy atom. The van der Waals surface area contributed by atoms with Crippen molar-refractivity contribution in [3.05, 3.63) is 40.2 Å². The molecule has 28 heavy (non-hydrogen) atoms. The molecule has 3 rings (SSSR count). The normalized spacial score (nSPS) is 14.8. The summed E-state index contributed by atoms with van der Waals surface area (Å²) in [7, 11) is 0. The molecular weight excluding hydrogens is 378 g/mol. The van der Waals surface area contributed by atoms with Crippen LogP contribution in [0.5, 0.6) is 0 Å². The molecular formula is C19H25N5O3S. The third-order valence-corrected chi connectivity index (χ3v) is 5.98. The van der Waals surface area contributed by atoms with Gasteiger partial charge in [-0.25, -0.2) is 0 Å². The van der Waals surface area contributed by atoms with E-state index in [2.05, 4.69) is 20.1 Å². The van der Waals surface area contributed by atoms with Crippen LogP contribution in [0, 0.1) is 16.0 Å². The summed E-state index contributed by atoms with van der Waals surface area (Å²) >= 11 is 1.30. The summed E-state index contributed by atoms with van der Waals surface area (Å²) in [5, 5.41) is 23.0. The van der Waals surface area contributed by atoms with Crippen LogP contribution in [0.1, 0.15) is 44.9 Å². The number of nitro groups is 1. The minimum absolute atomic E-state index is 0.118. The van der Waals surface area contributed by atoms with E-state index < -0.39 is 4.92 Å². The van der Waals surface area contributed by atoms with Crippen LogP contribution in [-0.2, 0) is 17.8 Å². The van der Waals surface area contributed by atoms with Crippen LogP contribution in [0.4, 0.5) is 11.4 Å². The van der Waals surface area contributed by atoms with E-state index in [4.69, 9.17) is 0 Å². The molecule has 1 aromatic carbocycles. The van der Waals surface area contributed by atoms with Crippen molar-refractivity contribution in [1.29, 1.82) is 0 Å². The number of nitrogens with zero attached hydrogens (tertiary/aromatic N) is 4. The van der Waals surface area contributed by atoms with E-state index in [9.17, 15) is 14.9 Å². The molecule has 1 fully saturated rings. The lowest BCUT2D eigenvalue weighted by molar-refractivity contribution is -0.383. The maximum absolute atomic E-state index is 12.3. The number of anilines is 1. The number of amides is 1. The number of hydrogen-bond donors (Lipinski definition) is 1. The standard InChI is InChI=1S/C19H25N5O3S/c1-2-23-17(12-14-8-4-3-5-9-14)21-22-19(23)28-13-18(25)20-15-10-6-7-11-16(15)24(26)27/h6-7,10-11,14H,2-5,8-9,12-13H2,1H3,(H,20,25). The van der Waals surface area contributed by atoms with E-state index in [1.54, 1.807) is 12.1 Å². The van der Waals surface area contributed by atoms with Gasteiger partial charge in [-0.05, 0) is 18.9 Å². The molecule has 0 saturated heterocycles. The van der Waals surface area contributed by atoms with E-state index in [0.29, 0.717) is 11.1 Å². The summed E-state index contributed by atoms with van der Waals surface area (Å²) in [6.45, 7) is 2.80. The number of thioether (sulfide) groups is 1. The minimum atomic E-state index is -0.506. The number of nitrogens with one attached hydrogen (secondary N) is 1. The zero-order chi connectivity index (χ0) is 19.9. The first-order valence-electron chi connectivity index (χ1n) is 9.66. The van der Waals surface area contributed by atoms with Crippen molar-refractivity contribution in [2.45, 2.75) is 57.1 Å². The van der Waals surface area contributed by atoms with Crippen LogP contribution in [0.15, 0.2) is 29.4 Å². The fourth-order valence-corrected chi connectivity index (χ4v) is 4.42. The number of carbonyl (C=O) groups is 1. The van der Waals surface area contributed by atoms with Gasteiger partial charge in [0.15, 0.2) is 5.16 Å². The van der Waals surface area contributed by atoms with E-state index in [1.165, 1.54) is 56.0 Å². The van der Waals surface area contributed by atoms with Crippen LogP contribution in [0.25, 0.3) is 0 Å². The monoisotopic (exact) mass is 403 g/mol. The van der Waals surface area contributed by atoms with Crippen LogP contribution in [0.2, 0.25) is 0 Å². The molecule has 0 radical (unpaired) electrons. The second-order valence-corrected chi connectivity index (χ2v) is 7.90. The topological polar surface area (TPSA) is 103 Å². The summed E-state index contributed by atoms with van der Waals surface area (Å²) in [5.74, 6) is 1.46. The Balaban J connectivity index is 1.59. The van der Waals surface area contributed by atoms with Gasteiger partial charge in [0, 0.05) is 19.0 Å². The lowest BCUT2D eigenvalue weighted by Crippen LogP contribution is -2.16. The molecule has 1 aliphatic rings. The van der Waals surface area contributed by atoms with Crippen molar-refractivity contribution < 1.29 is 9.72 Å². The van der Waals surface area contributed by atoms with Crippen molar-refractivity contribution >= 4 is 29.0 Å². The average molecular weight is 404 g/mol. The number of aromatic nitrogens is 3. The van der Waals surface area contributed by atoms with Gasteiger partial charge in [0.1, 0.15) is 11.5 Å². The summed E-state index contributed by atoms with van der Waals surface area (Å²) in [6, 6.07) is 6.12. The van der Waals surface area contributed by atoms with Crippen molar-refractivity contribution in [3.8, 4) is 0 Å². The van der Waals surface area contributed by atoms with Gasteiger partial charge >= 0.3 is 0 Å². The largest absolute Gasteiger partial charge is 0.320 e. The zero-order valence-corrected chi connectivity index (χ0v) is 16.8. The molecule has 0 unspecified atom stereocenters. The third kappa shape index (κ3) is 5.09. The van der Waals surface area contributed by atoms with Gasteiger partial charge in [-0.2, -0.15) is 0 Å². The highest BCUT2D eigenvalue weighted by atomic mass is 32.2. The number of hydrogen-bond acceptors (Lipinski definition) is 6. The predicted octanol–water partition coefficient (Wildman–Crippen LogP) is 4.06. The van der Waals surface area contributed by atoms with Crippen molar-refractivity contribution in [2.24, 2.45) is 5.92 Å². The molecule has 0 spiro atoms. The Labute approximate surface area is 168 Å². The number of rotatable bonds is 8. The molecule has 0 bridgehead atoms. The maximum atomic E-state index is 12.3. The molecule has 1 saturated carbocycles. The lowest BCUT2D eigenvalue weighted by atomic mass is 9.87. The van der Waals surface area contributed by atoms with E-state index >= 15 is 0 Å². The van der Waals surface area contributed by atoms with E-state index in [1.807, 2.05) is 6.92 Å². The lowest BCUT2D eigenvalue weighted by Gasteiger charge is -2.21. The number of benzene rings is 1. The molecule has 1 heterocycles. The van der Waals surface area contributed by atoms with Crippen molar-refractivity contribution in [2.75, 3.05) is 11.1 Å². The van der Waals surface area contributed by atoms with Gasteiger partial charge in [-0.15, -0.1) is 10.2 Å². The summed E-state index contributed by atoms with van der Waals surface area (Å²) in [6.07, 6.45) is 7.34. The second-order valence-electron chi connectivity index (χ2n) is 6.96. The number of nitro benzene ring substituents is 1. The van der Waals surface area contributed by atoms with E-state index in [-0.39, 0.29) is 23.0 Å².